The first-order valence-corrected chi connectivity index (χ1v) is 7.94. The van der Waals surface area contributed by atoms with Crippen LogP contribution in [0.4, 0.5) is 17.3 Å². The normalized spacial score (nSPS) is 10.3. The molecule has 10 heteroatoms. The van der Waals surface area contributed by atoms with Crippen LogP contribution in [0.1, 0.15) is 21.7 Å². The minimum absolute atomic E-state index is 0.000888. The molecule has 0 atom stereocenters. The van der Waals surface area contributed by atoms with Gasteiger partial charge >= 0.3 is 5.69 Å². The molecule has 0 aliphatic rings. The third-order valence-electron chi connectivity index (χ3n) is 3.70. The predicted molar refractivity (Wildman–Crippen MR) is 97.0 cm³/mol. The lowest BCUT2D eigenvalue weighted by Crippen LogP contribution is -2.30. The van der Waals surface area contributed by atoms with Crippen molar-refractivity contribution in [3.05, 3.63) is 76.0 Å². The molecule has 2 aromatic heterocycles. The minimum atomic E-state index is -0.632. The third-order valence-corrected chi connectivity index (χ3v) is 3.70. The molecule has 138 valence electrons. The van der Waals surface area contributed by atoms with Crippen LogP contribution in [0.2, 0.25) is 0 Å². The Morgan fingerprint density at radius 3 is 2.67 bits per heavy atom. The van der Waals surface area contributed by atoms with Crippen LogP contribution in [0.3, 0.4) is 0 Å². The molecule has 0 bridgehead atoms. The number of aromatic nitrogens is 2. The van der Waals surface area contributed by atoms with Crippen LogP contribution in [-0.2, 0) is 6.54 Å². The van der Waals surface area contributed by atoms with Crippen molar-refractivity contribution in [1.29, 1.82) is 0 Å². The van der Waals surface area contributed by atoms with E-state index in [1.807, 2.05) is 6.07 Å². The molecular formula is C17H16N6O4. The van der Waals surface area contributed by atoms with Gasteiger partial charge in [-0.3, -0.25) is 25.8 Å². The molecule has 3 N–H and O–H groups in total. The van der Waals surface area contributed by atoms with Crippen LogP contribution in [0.25, 0.3) is 0 Å². The lowest BCUT2D eigenvalue weighted by Gasteiger charge is -2.11. The number of nitro groups is 1. The smallest absolute Gasteiger partial charge is 0.354 e. The van der Waals surface area contributed by atoms with E-state index in [0.29, 0.717) is 11.3 Å². The van der Waals surface area contributed by atoms with Crippen molar-refractivity contribution in [3.8, 4) is 0 Å². The van der Waals surface area contributed by atoms with Gasteiger partial charge in [0.15, 0.2) is 0 Å². The van der Waals surface area contributed by atoms with Gasteiger partial charge < -0.3 is 9.73 Å². The maximum absolute atomic E-state index is 12.3. The number of aryl methyl sites for hydroxylation is 1. The van der Waals surface area contributed by atoms with Gasteiger partial charge in [-0.2, -0.15) is 0 Å². The summed E-state index contributed by atoms with van der Waals surface area (Å²) in [5.74, 6) is 0.00861. The maximum atomic E-state index is 12.3. The molecule has 1 amide bonds. The second-order valence-corrected chi connectivity index (χ2v) is 5.50. The first-order valence-electron chi connectivity index (χ1n) is 7.94. The van der Waals surface area contributed by atoms with E-state index in [-0.39, 0.29) is 18.2 Å². The maximum Gasteiger partial charge on any atom is 0.354 e. The summed E-state index contributed by atoms with van der Waals surface area (Å²) in [5.41, 5.74) is 5.74. The summed E-state index contributed by atoms with van der Waals surface area (Å²) < 4.78 is 5.18. The number of rotatable bonds is 7. The average Bonchev–Trinajstić information content (AvgIpc) is 3.18. The second kappa shape index (κ2) is 7.95. The number of hydrogen-bond donors (Lipinski definition) is 3. The van der Waals surface area contributed by atoms with Gasteiger partial charge in [-0.15, -0.1) is 0 Å². The topological polar surface area (TPSA) is 135 Å². The van der Waals surface area contributed by atoms with Crippen LogP contribution < -0.4 is 16.2 Å². The molecule has 0 unspecified atom stereocenters. The molecule has 10 nitrogen and oxygen atoms in total. The quantitative estimate of drug-likeness (QED) is 0.428. The fourth-order valence-electron chi connectivity index (χ4n) is 2.37. The second-order valence-electron chi connectivity index (χ2n) is 5.50. The molecule has 2 heterocycles. The Morgan fingerprint density at radius 1 is 1.19 bits per heavy atom. The van der Waals surface area contributed by atoms with Crippen LogP contribution in [0.5, 0.6) is 0 Å². The van der Waals surface area contributed by atoms with E-state index in [0.717, 1.165) is 11.9 Å². The number of benzene rings is 1. The SMILES string of the molecule is Cc1ccccc1C(=O)NNc1ncnc(NCc2ccco2)c1[N+](=O)[O-]. The predicted octanol–water partition coefficient (Wildman–Crippen LogP) is 2.66. The fourth-order valence-corrected chi connectivity index (χ4v) is 2.37. The van der Waals surface area contributed by atoms with E-state index in [4.69, 9.17) is 4.42 Å². The molecule has 3 aromatic rings. The van der Waals surface area contributed by atoms with Gasteiger partial charge in [0.25, 0.3) is 5.91 Å². The van der Waals surface area contributed by atoms with Crippen LogP contribution in [0.15, 0.2) is 53.4 Å². The number of hydrogen-bond acceptors (Lipinski definition) is 8. The van der Waals surface area contributed by atoms with E-state index >= 15 is 0 Å². The number of furan rings is 1. The number of anilines is 2. The van der Waals surface area contributed by atoms with Gasteiger partial charge in [-0.05, 0) is 30.7 Å². The molecule has 0 aliphatic carbocycles. The monoisotopic (exact) mass is 368 g/mol. The molecule has 3 rings (SSSR count). The van der Waals surface area contributed by atoms with Crippen molar-refractivity contribution in [3.63, 3.8) is 0 Å². The van der Waals surface area contributed by atoms with E-state index in [1.165, 1.54) is 6.26 Å². The highest BCUT2D eigenvalue weighted by Crippen LogP contribution is 2.28. The molecule has 0 aliphatic heterocycles. The van der Waals surface area contributed by atoms with Crippen molar-refractivity contribution in [2.24, 2.45) is 0 Å². The number of hydrazine groups is 1. The summed E-state index contributed by atoms with van der Waals surface area (Å²) in [5, 5.41) is 14.3. The highest BCUT2D eigenvalue weighted by Gasteiger charge is 2.23. The highest BCUT2D eigenvalue weighted by molar-refractivity contribution is 5.96. The fraction of sp³-hybridized carbons (Fsp3) is 0.118. The van der Waals surface area contributed by atoms with Gasteiger partial charge in [0.1, 0.15) is 12.1 Å². The summed E-state index contributed by atoms with van der Waals surface area (Å²) in [4.78, 5) is 30.9. The molecule has 0 saturated heterocycles. The number of amides is 1. The van der Waals surface area contributed by atoms with E-state index in [2.05, 4.69) is 26.1 Å². The zero-order valence-electron chi connectivity index (χ0n) is 14.3. The Morgan fingerprint density at radius 2 is 1.96 bits per heavy atom. The Balaban J connectivity index is 1.76. The van der Waals surface area contributed by atoms with Crippen molar-refractivity contribution in [2.45, 2.75) is 13.5 Å². The molecule has 0 saturated carbocycles. The average molecular weight is 368 g/mol. The van der Waals surface area contributed by atoms with Crippen molar-refractivity contribution in [1.82, 2.24) is 15.4 Å². The molecule has 0 radical (unpaired) electrons. The highest BCUT2D eigenvalue weighted by atomic mass is 16.6. The number of carbonyl (C=O) groups is 1. The summed E-state index contributed by atoms with van der Waals surface area (Å²) in [6.45, 7) is 2.00. The van der Waals surface area contributed by atoms with Gasteiger partial charge in [0, 0.05) is 5.56 Å². The van der Waals surface area contributed by atoms with Gasteiger partial charge in [-0.25, -0.2) is 9.97 Å². The zero-order valence-corrected chi connectivity index (χ0v) is 14.3. The zero-order chi connectivity index (χ0) is 19.2. The number of nitrogens with zero attached hydrogens (tertiary/aromatic N) is 3. The summed E-state index contributed by atoms with van der Waals surface area (Å²) >= 11 is 0. The molecule has 0 fully saturated rings. The van der Waals surface area contributed by atoms with Crippen molar-refractivity contribution >= 4 is 23.2 Å². The van der Waals surface area contributed by atoms with Crippen molar-refractivity contribution < 1.29 is 14.1 Å². The lowest BCUT2D eigenvalue weighted by atomic mass is 10.1. The Bertz CT molecular complexity index is 958. The van der Waals surface area contributed by atoms with Crippen LogP contribution >= 0.6 is 0 Å². The van der Waals surface area contributed by atoms with E-state index in [1.54, 1.807) is 37.3 Å². The Kier molecular flexibility index (Phi) is 5.26. The molecular weight excluding hydrogens is 352 g/mol. The first kappa shape index (κ1) is 17.9. The summed E-state index contributed by atoms with van der Waals surface area (Å²) in [6.07, 6.45) is 2.65. The van der Waals surface area contributed by atoms with E-state index < -0.39 is 16.5 Å². The van der Waals surface area contributed by atoms with Gasteiger partial charge in [-0.1, -0.05) is 18.2 Å². The Labute approximate surface area is 153 Å². The first-order chi connectivity index (χ1) is 13.1. The van der Waals surface area contributed by atoms with Crippen molar-refractivity contribution in [2.75, 3.05) is 10.7 Å². The molecule has 27 heavy (non-hydrogen) atoms. The van der Waals surface area contributed by atoms with Crippen LogP contribution in [-0.4, -0.2) is 20.8 Å². The summed E-state index contributed by atoms with van der Waals surface area (Å²) in [7, 11) is 0. The summed E-state index contributed by atoms with van der Waals surface area (Å²) in [6, 6.07) is 10.4. The van der Waals surface area contributed by atoms with Gasteiger partial charge in [0.05, 0.1) is 17.7 Å². The third kappa shape index (κ3) is 4.18. The van der Waals surface area contributed by atoms with Crippen LogP contribution in [0, 0.1) is 17.0 Å². The van der Waals surface area contributed by atoms with Gasteiger partial charge in [0.2, 0.25) is 11.6 Å². The largest absolute Gasteiger partial charge is 0.467 e. The van der Waals surface area contributed by atoms with E-state index in [9.17, 15) is 14.9 Å². The molecule has 1 aromatic carbocycles. The molecule has 0 spiro atoms. The minimum Gasteiger partial charge on any atom is -0.467 e. The standard InChI is InChI=1S/C17H16N6O4/c1-11-5-2-3-7-13(11)17(24)22-21-16-14(23(25)26)15(19-10-20-16)18-9-12-6-4-8-27-12/h2-8,10H,9H2,1H3,(H,22,24)(H2,18,19,20,21). The Hall–Kier alpha value is -3.95. The number of nitrogens with one attached hydrogen (secondary N) is 3. The number of carbonyl (C=O) groups excluding carboxylic acids is 1. The lowest BCUT2D eigenvalue weighted by molar-refractivity contribution is -0.383.